The van der Waals surface area contributed by atoms with Gasteiger partial charge in [-0.1, -0.05) is 20.8 Å². The summed E-state index contributed by atoms with van der Waals surface area (Å²) in [4.78, 5) is 27.3. The molecule has 1 saturated heterocycles. The molecule has 0 spiro atoms. The summed E-state index contributed by atoms with van der Waals surface area (Å²) in [7, 11) is 1.78. The highest BCUT2D eigenvalue weighted by molar-refractivity contribution is 8.00. The van der Waals surface area contributed by atoms with Crippen LogP contribution in [-0.2, 0) is 4.79 Å². The molecule has 1 aliphatic carbocycles. The second-order valence-electron chi connectivity index (χ2n) is 6.37. The van der Waals surface area contributed by atoms with E-state index in [1.165, 1.54) is 6.42 Å². The molecule has 0 aromatic heterocycles. The van der Waals surface area contributed by atoms with Crippen molar-refractivity contribution in [2.24, 2.45) is 17.8 Å². The number of nitrogens with zero attached hydrogens (tertiary/aromatic N) is 2. The molecule has 2 amide bonds. The van der Waals surface area contributed by atoms with Crippen molar-refractivity contribution in [1.29, 1.82) is 0 Å². The lowest BCUT2D eigenvalue weighted by Crippen LogP contribution is -2.52. The first kappa shape index (κ1) is 15.5. The Morgan fingerprint density at radius 2 is 2.05 bits per heavy atom. The fraction of sp³-hybridized carbons (Fsp3) is 0.857. The van der Waals surface area contributed by atoms with E-state index < -0.39 is 12.0 Å². The van der Waals surface area contributed by atoms with Gasteiger partial charge in [-0.25, -0.2) is 9.59 Å². The van der Waals surface area contributed by atoms with Crippen molar-refractivity contribution in [1.82, 2.24) is 9.80 Å². The van der Waals surface area contributed by atoms with Gasteiger partial charge < -0.3 is 10.0 Å². The molecule has 0 radical (unpaired) electrons. The number of thioether (sulfide) groups is 1. The zero-order chi connectivity index (χ0) is 15.0. The summed E-state index contributed by atoms with van der Waals surface area (Å²) in [5, 5.41) is 9.29. The van der Waals surface area contributed by atoms with Crippen LogP contribution in [0.15, 0.2) is 0 Å². The molecule has 0 bridgehead atoms. The van der Waals surface area contributed by atoms with E-state index in [-0.39, 0.29) is 17.3 Å². The van der Waals surface area contributed by atoms with E-state index in [1.807, 2.05) is 13.8 Å². The molecule has 1 saturated carbocycles. The number of hydrogen-bond donors (Lipinski definition) is 1. The number of carbonyl (C=O) groups excluding carboxylic acids is 1. The van der Waals surface area contributed by atoms with Crippen LogP contribution in [0, 0.1) is 17.8 Å². The highest BCUT2D eigenvalue weighted by Crippen LogP contribution is 2.39. The van der Waals surface area contributed by atoms with Gasteiger partial charge in [-0.15, -0.1) is 11.8 Å². The van der Waals surface area contributed by atoms with Gasteiger partial charge in [-0.3, -0.25) is 4.90 Å². The zero-order valence-electron chi connectivity index (χ0n) is 12.6. The van der Waals surface area contributed by atoms with Crippen LogP contribution in [0.4, 0.5) is 4.79 Å². The molecule has 20 heavy (non-hydrogen) atoms. The van der Waals surface area contributed by atoms with E-state index >= 15 is 0 Å². The van der Waals surface area contributed by atoms with Gasteiger partial charge in [0.1, 0.15) is 6.04 Å². The summed E-state index contributed by atoms with van der Waals surface area (Å²) < 4.78 is 0. The average Bonchev–Trinajstić information content (AvgIpc) is 2.91. The molecule has 1 N–H and O–H groups in total. The minimum atomic E-state index is -0.901. The first-order valence-corrected chi connectivity index (χ1v) is 8.25. The van der Waals surface area contributed by atoms with Crippen molar-refractivity contribution in [2.45, 2.75) is 38.6 Å². The third-order valence-electron chi connectivity index (χ3n) is 4.22. The van der Waals surface area contributed by atoms with Gasteiger partial charge in [0.2, 0.25) is 0 Å². The molecule has 2 rings (SSSR count). The molecule has 0 aromatic carbocycles. The van der Waals surface area contributed by atoms with E-state index in [2.05, 4.69) is 6.92 Å². The lowest BCUT2D eigenvalue weighted by molar-refractivity contribution is -0.141. The number of aliphatic carboxylic acids is 1. The van der Waals surface area contributed by atoms with Gasteiger partial charge in [0.15, 0.2) is 0 Å². The molecule has 2 aliphatic rings. The Hall–Kier alpha value is -0.910. The summed E-state index contributed by atoms with van der Waals surface area (Å²) in [6.45, 7) is 6.99. The van der Waals surface area contributed by atoms with Gasteiger partial charge in [0.05, 0.1) is 5.37 Å². The van der Waals surface area contributed by atoms with E-state index in [0.29, 0.717) is 17.6 Å². The van der Waals surface area contributed by atoms with Crippen molar-refractivity contribution < 1.29 is 14.7 Å². The van der Waals surface area contributed by atoms with Crippen LogP contribution in [-0.4, -0.2) is 57.7 Å². The molecule has 0 aromatic rings. The maximum Gasteiger partial charge on any atom is 0.327 e. The lowest BCUT2D eigenvalue weighted by Gasteiger charge is -2.33. The molecular formula is C14H24N2O3S. The highest BCUT2D eigenvalue weighted by atomic mass is 32.2. The van der Waals surface area contributed by atoms with E-state index in [4.69, 9.17) is 0 Å². The normalized spacial score (nSPS) is 32.5. The van der Waals surface area contributed by atoms with Crippen LogP contribution in [0.3, 0.4) is 0 Å². The van der Waals surface area contributed by atoms with Crippen molar-refractivity contribution in [3.8, 4) is 0 Å². The van der Waals surface area contributed by atoms with Gasteiger partial charge in [-0.2, -0.15) is 0 Å². The van der Waals surface area contributed by atoms with E-state index in [9.17, 15) is 14.7 Å². The molecule has 1 heterocycles. The summed E-state index contributed by atoms with van der Waals surface area (Å²) in [5.74, 6) is 1.11. The van der Waals surface area contributed by atoms with Gasteiger partial charge in [0.25, 0.3) is 0 Å². The smallest absolute Gasteiger partial charge is 0.327 e. The number of carboxylic acids is 1. The summed E-state index contributed by atoms with van der Waals surface area (Å²) in [6.07, 6.45) is 1.17. The lowest BCUT2D eigenvalue weighted by atomic mass is 10.1. The fourth-order valence-electron chi connectivity index (χ4n) is 2.75. The van der Waals surface area contributed by atoms with Crippen molar-refractivity contribution >= 4 is 23.8 Å². The van der Waals surface area contributed by atoms with Crippen molar-refractivity contribution in [2.75, 3.05) is 19.3 Å². The summed E-state index contributed by atoms with van der Waals surface area (Å²) in [5.41, 5.74) is 0. The monoisotopic (exact) mass is 300 g/mol. The van der Waals surface area contributed by atoms with Crippen LogP contribution in [0.25, 0.3) is 0 Å². The second-order valence-corrected chi connectivity index (χ2v) is 7.52. The molecule has 1 aliphatic heterocycles. The Bertz CT molecular complexity index is 402. The average molecular weight is 300 g/mol. The Kier molecular flexibility index (Phi) is 4.52. The third kappa shape index (κ3) is 3.05. The van der Waals surface area contributed by atoms with Crippen LogP contribution in [0.2, 0.25) is 0 Å². The topological polar surface area (TPSA) is 60.9 Å². The Labute approximate surface area is 124 Å². The molecule has 114 valence electrons. The maximum atomic E-state index is 12.6. The number of urea groups is 1. The minimum Gasteiger partial charge on any atom is -0.480 e. The second kappa shape index (κ2) is 5.84. The van der Waals surface area contributed by atoms with Crippen LogP contribution >= 0.6 is 11.8 Å². The Morgan fingerprint density at radius 3 is 2.50 bits per heavy atom. The maximum absolute atomic E-state index is 12.6. The summed E-state index contributed by atoms with van der Waals surface area (Å²) >= 11 is 1.57. The molecule has 4 unspecified atom stereocenters. The Morgan fingerprint density at radius 1 is 1.45 bits per heavy atom. The first-order valence-electron chi connectivity index (χ1n) is 7.20. The quantitative estimate of drug-likeness (QED) is 0.864. The Balaban J connectivity index is 2.07. The SMILES string of the molecule is CC(C)C1SCC(C(=O)O)N1C(=O)N(C)CC1CC1C. The number of amides is 2. The van der Waals surface area contributed by atoms with Crippen LogP contribution in [0.5, 0.6) is 0 Å². The predicted molar refractivity (Wildman–Crippen MR) is 79.6 cm³/mol. The van der Waals surface area contributed by atoms with E-state index in [0.717, 1.165) is 6.54 Å². The number of rotatable bonds is 4. The van der Waals surface area contributed by atoms with E-state index in [1.54, 1.807) is 28.6 Å². The highest BCUT2D eigenvalue weighted by Gasteiger charge is 2.45. The first-order chi connectivity index (χ1) is 9.32. The van der Waals surface area contributed by atoms with Crippen molar-refractivity contribution in [3.63, 3.8) is 0 Å². The minimum absolute atomic E-state index is 0.0392. The number of carbonyl (C=O) groups is 2. The van der Waals surface area contributed by atoms with Crippen LogP contribution in [0.1, 0.15) is 27.2 Å². The summed E-state index contributed by atoms with van der Waals surface area (Å²) in [6, 6.07) is -0.834. The van der Waals surface area contributed by atoms with Crippen LogP contribution < -0.4 is 0 Å². The molecule has 5 nitrogen and oxygen atoms in total. The van der Waals surface area contributed by atoms with Gasteiger partial charge in [-0.05, 0) is 24.2 Å². The predicted octanol–water partition coefficient (Wildman–Crippen LogP) is 2.18. The molecule has 6 heteroatoms. The number of carboxylic acid groups (broad SMARTS) is 1. The third-order valence-corrected chi connectivity index (χ3v) is 5.84. The van der Waals surface area contributed by atoms with Crippen molar-refractivity contribution in [3.05, 3.63) is 0 Å². The van der Waals surface area contributed by atoms with Gasteiger partial charge >= 0.3 is 12.0 Å². The molecule has 2 fully saturated rings. The standard InChI is InChI=1S/C14H24N2O3S/c1-8(2)12-16(11(7-20-12)13(17)18)14(19)15(4)6-10-5-9(10)3/h8-12H,5-7H2,1-4H3,(H,17,18). The number of hydrogen-bond acceptors (Lipinski definition) is 3. The zero-order valence-corrected chi connectivity index (χ0v) is 13.4. The molecular weight excluding hydrogens is 276 g/mol. The molecule has 4 atom stereocenters. The van der Waals surface area contributed by atoms with Gasteiger partial charge in [0, 0.05) is 19.3 Å². The fourth-order valence-corrected chi connectivity index (χ4v) is 4.22. The largest absolute Gasteiger partial charge is 0.480 e.